The van der Waals surface area contributed by atoms with Crippen LogP contribution in [0.2, 0.25) is 0 Å². The summed E-state index contributed by atoms with van der Waals surface area (Å²) in [5.74, 6) is -2.66. The molecule has 1 atom stereocenters. The number of rotatable bonds is 8. The van der Waals surface area contributed by atoms with E-state index in [-0.39, 0.29) is 28.7 Å². The Bertz CT molecular complexity index is 1340. The number of ether oxygens (including phenoxy) is 1. The number of nitrogens with zero attached hydrogens (tertiary/aromatic N) is 3. The lowest BCUT2D eigenvalue weighted by molar-refractivity contribution is -0.117. The summed E-state index contributed by atoms with van der Waals surface area (Å²) in [5, 5.41) is 14.3. The Morgan fingerprint density at radius 3 is 2.67 bits per heavy atom. The third-order valence-electron chi connectivity index (χ3n) is 5.48. The Morgan fingerprint density at radius 2 is 2.06 bits per heavy atom. The number of aromatic nitrogens is 3. The number of nitrogens with one attached hydrogen (secondary N) is 3. The van der Waals surface area contributed by atoms with Crippen molar-refractivity contribution in [1.82, 2.24) is 20.5 Å². The van der Waals surface area contributed by atoms with Crippen LogP contribution in [-0.4, -0.2) is 55.3 Å². The molecular formula is C19H20F2N6O5S. The number of carbonyl (C=O) groups excluding carboxylic acids is 2. The number of anilines is 3. The van der Waals surface area contributed by atoms with Crippen molar-refractivity contribution in [3.63, 3.8) is 0 Å². The first-order valence-electron chi connectivity index (χ1n) is 11.1. The zero-order valence-corrected chi connectivity index (χ0v) is 17.9. The Balaban J connectivity index is 1.69. The van der Waals surface area contributed by atoms with E-state index in [0.717, 1.165) is 43.8 Å². The van der Waals surface area contributed by atoms with Crippen LogP contribution < -0.4 is 20.7 Å². The number of pyridine rings is 1. The molecule has 0 unspecified atom stereocenters. The molecule has 1 spiro atoms. The summed E-state index contributed by atoms with van der Waals surface area (Å²) in [6.07, 6.45) is 4.30. The first kappa shape index (κ1) is 19.1. The largest absolute Gasteiger partial charge is 0.433 e. The van der Waals surface area contributed by atoms with E-state index in [1.165, 1.54) is 0 Å². The highest BCUT2D eigenvalue weighted by atomic mass is 32.2. The number of sulfone groups is 1. The van der Waals surface area contributed by atoms with Crippen LogP contribution in [0.25, 0.3) is 0 Å². The second-order valence-electron chi connectivity index (χ2n) is 7.85. The van der Waals surface area contributed by atoms with Crippen LogP contribution in [0.1, 0.15) is 33.9 Å². The Morgan fingerprint density at radius 1 is 1.30 bits per heavy atom. The lowest BCUT2D eigenvalue weighted by Gasteiger charge is -2.14. The molecule has 176 valence electrons. The van der Waals surface area contributed by atoms with Crippen molar-refractivity contribution in [2.75, 3.05) is 23.9 Å². The molecule has 2 aromatic rings. The van der Waals surface area contributed by atoms with Crippen molar-refractivity contribution >= 4 is 39.0 Å². The van der Waals surface area contributed by atoms with Crippen LogP contribution >= 0.6 is 0 Å². The van der Waals surface area contributed by atoms with Crippen molar-refractivity contribution < 1.29 is 35.6 Å². The number of carbonyl (C=O) groups is 2. The van der Waals surface area contributed by atoms with Crippen molar-refractivity contribution in [3.05, 3.63) is 24.0 Å². The van der Waals surface area contributed by atoms with Crippen LogP contribution in [0, 0.1) is 11.3 Å². The molecule has 0 bridgehead atoms. The third-order valence-corrected chi connectivity index (χ3v) is 6.59. The SMILES string of the molecule is [2H]C([2H])([2H])NC(=O)c1nnc(NC(=O)[C@H]2CC23CC3)cc1Nc1ncc(OC(F)F)cc1S(C)(=O)=O. The number of alkyl halides is 2. The Kier molecular flexibility index (Phi) is 4.73. The molecule has 11 nitrogen and oxygen atoms in total. The van der Waals surface area contributed by atoms with Crippen LogP contribution in [0.3, 0.4) is 0 Å². The molecule has 2 aliphatic rings. The first-order valence-corrected chi connectivity index (χ1v) is 11.5. The van der Waals surface area contributed by atoms with Gasteiger partial charge in [-0.05, 0) is 24.7 Å². The summed E-state index contributed by atoms with van der Waals surface area (Å²) in [6, 6.07) is 1.96. The van der Waals surface area contributed by atoms with Crippen LogP contribution in [-0.2, 0) is 14.6 Å². The monoisotopic (exact) mass is 485 g/mol. The summed E-state index contributed by atoms with van der Waals surface area (Å²) >= 11 is 0. The van der Waals surface area contributed by atoms with Crippen molar-refractivity contribution in [2.45, 2.75) is 30.8 Å². The maximum absolute atomic E-state index is 12.6. The van der Waals surface area contributed by atoms with Gasteiger partial charge in [0.05, 0.1) is 11.9 Å². The van der Waals surface area contributed by atoms with Gasteiger partial charge in [-0.1, -0.05) is 0 Å². The number of halogens is 2. The summed E-state index contributed by atoms with van der Waals surface area (Å²) in [7, 11) is -4.06. The highest BCUT2D eigenvalue weighted by molar-refractivity contribution is 7.90. The lowest BCUT2D eigenvalue weighted by atomic mass is 10.2. The van der Waals surface area contributed by atoms with Gasteiger partial charge in [0.2, 0.25) is 5.91 Å². The molecule has 2 aromatic heterocycles. The van der Waals surface area contributed by atoms with Gasteiger partial charge in [0, 0.05) is 35.4 Å². The van der Waals surface area contributed by atoms with Crippen LogP contribution in [0.15, 0.2) is 23.2 Å². The number of hydrogen-bond acceptors (Lipinski definition) is 9. The molecule has 2 heterocycles. The Hall–Kier alpha value is -3.42. The molecule has 2 fully saturated rings. The van der Waals surface area contributed by atoms with Crippen molar-refractivity contribution in [3.8, 4) is 5.75 Å². The summed E-state index contributed by atoms with van der Waals surface area (Å²) in [6.45, 7) is -6.11. The van der Waals surface area contributed by atoms with Gasteiger partial charge in [0.1, 0.15) is 16.5 Å². The molecule has 2 aliphatic carbocycles. The van der Waals surface area contributed by atoms with Gasteiger partial charge in [-0.25, -0.2) is 13.4 Å². The average molecular weight is 485 g/mol. The molecule has 14 heteroatoms. The van der Waals surface area contributed by atoms with E-state index in [4.69, 9.17) is 4.11 Å². The van der Waals surface area contributed by atoms with E-state index >= 15 is 0 Å². The topological polar surface area (TPSA) is 152 Å². The van der Waals surface area contributed by atoms with Crippen molar-refractivity contribution in [2.24, 2.45) is 11.3 Å². The number of hydrogen-bond donors (Lipinski definition) is 3. The van der Waals surface area contributed by atoms with Crippen LogP contribution in [0.4, 0.5) is 26.1 Å². The summed E-state index contributed by atoms with van der Waals surface area (Å²) in [5.41, 5.74) is -0.753. The minimum absolute atomic E-state index is 0.0501. The van der Waals surface area contributed by atoms with Gasteiger partial charge in [-0.2, -0.15) is 8.78 Å². The van der Waals surface area contributed by atoms with E-state index in [0.29, 0.717) is 0 Å². The minimum Gasteiger partial charge on any atom is -0.433 e. The second-order valence-corrected chi connectivity index (χ2v) is 9.83. The second kappa shape index (κ2) is 8.17. The van der Waals surface area contributed by atoms with Gasteiger partial charge in [-0.15, -0.1) is 10.2 Å². The molecule has 33 heavy (non-hydrogen) atoms. The fourth-order valence-corrected chi connectivity index (χ4v) is 4.30. The fraction of sp³-hybridized carbons (Fsp3) is 0.421. The Labute approximate surface area is 191 Å². The molecule has 0 aliphatic heterocycles. The zero-order chi connectivity index (χ0) is 26.5. The van der Waals surface area contributed by atoms with Gasteiger partial charge in [0.25, 0.3) is 5.91 Å². The maximum atomic E-state index is 12.6. The highest BCUT2D eigenvalue weighted by Crippen LogP contribution is 2.70. The summed E-state index contributed by atoms with van der Waals surface area (Å²) in [4.78, 5) is 28.3. The smallest absolute Gasteiger partial charge is 0.387 e. The normalized spacial score (nSPS) is 19.8. The first-order chi connectivity index (χ1) is 16.7. The highest BCUT2D eigenvalue weighted by Gasteiger charge is 2.65. The van der Waals surface area contributed by atoms with E-state index in [1.807, 2.05) is 0 Å². The van der Waals surface area contributed by atoms with E-state index in [9.17, 15) is 26.8 Å². The molecular weight excluding hydrogens is 462 g/mol. The van der Waals surface area contributed by atoms with E-state index < -0.39 is 51.5 Å². The van der Waals surface area contributed by atoms with E-state index in [1.54, 1.807) is 5.32 Å². The summed E-state index contributed by atoms with van der Waals surface area (Å²) < 4.78 is 75.7. The molecule has 0 aromatic carbocycles. The third kappa shape index (κ3) is 4.84. The molecule has 0 saturated heterocycles. The fourth-order valence-electron chi connectivity index (χ4n) is 3.52. The minimum atomic E-state index is -4.06. The van der Waals surface area contributed by atoms with Gasteiger partial charge in [0.15, 0.2) is 21.3 Å². The quantitative estimate of drug-likeness (QED) is 0.507. The predicted molar refractivity (Wildman–Crippen MR) is 111 cm³/mol. The molecule has 3 N–H and O–H groups in total. The van der Waals surface area contributed by atoms with Gasteiger partial charge in [-0.3, -0.25) is 9.59 Å². The predicted octanol–water partition coefficient (Wildman–Crippen LogP) is 1.72. The molecule has 2 saturated carbocycles. The van der Waals surface area contributed by atoms with Crippen molar-refractivity contribution in [1.29, 1.82) is 0 Å². The van der Waals surface area contributed by atoms with Gasteiger partial charge < -0.3 is 20.7 Å². The standard InChI is InChI=1S/C19H20F2N6O5S/c1-22-17(29)14-11(6-13(26-27-14)25-16(28)10-7-19(10)3-4-19)24-15-12(33(2,30)31)5-9(8-23-15)32-18(20)21/h5-6,8,10,18H,3-4,7H2,1-2H3,(H,22,29)(H2,23,24,25,26,28)/t10-/m1/s1/i1D3. The lowest BCUT2D eigenvalue weighted by Crippen LogP contribution is -2.23. The number of amides is 2. The van der Waals surface area contributed by atoms with E-state index in [2.05, 4.69) is 30.6 Å². The molecule has 0 radical (unpaired) electrons. The van der Waals surface area contributed by atoms with Crippen LogP contribution in [0.5, 0.6) is 5.75 Å². The molecule has 2 amide bonds. The zero-order valence-electron chi connectivity index (χ0n) is 20.1. The maximum Gasteiger partial charge on any atom is 0.387 e. The molecule has 4 rings (SSSR count). The average Bonchev–Trinajstić information content (AvgIpc) is 3.66. The van der Waals surface area contributed by atoms with Gasteiger partial charge >= 0.3 is 6.61 Å².